The van der Waals surface area contributed by atoms with Crippen molar-refractivity contribution in [3.63, 3.8) is 0 Å². The Kier molecular flexibility index (Phi) is 19.6. The molecule has 4 N–H and O–H groups in total. The second kappa shape index (κ2) is 29.9. The molecule has 0 aliphatic carbocycles. The summed E-state index contributed by atoms with van der Waals surface area (Å²) in [5, 5.41) is 0. The first-order valence-corrected chi connectivity index (χ1v) is 33.6. The zero-order chi connectivity index (χ0) is 81.1. The van der Waals surface area contributed by atoms with E-state index in [9.17, 15) is 88.2 Å². The maximum absolute atomic E-state index is 14.8. The summed E-state index contributed by atoms with van der Waals surface area (Å²) < 4.78 is 289. The molecule has 0 saturated heterocycles. The predicted molar refractivity (Wildman–Crippen MR) is 396 cm³/mol. The topological polar surface area (TPSA) is 186 Å². The molecule has 37 heteroatoms. The minimum atomic E-state index is -1.79. The van der Waals surface area contributed by atoms with Crippen LogP contribution in [-0.4, -0.2) is 79.0 Å². The zero-order valence-corrected chi connectivity index (χ0v) is 60.0. The van der Waals surface area contributed by atoms with Crippen molar-refractivity contribution >= 4 is 184 Å². The van der Waals surface area contributed by atoms with E-state index in [-0.39, 0.29) is 66.6 Å². The summed E-state index contributed by atoms with van der Waals surface area (Å²) in [6, 6.07) is 29.8. The van der Waals surface area contributed by atoms with Gasteiger partial charge >= 0.3 is 0 Å². The first-order chi connectivity index (χ1) is 55.6. The third-order valence-electron chi connectivity index (χ3n) is 18.0. The summed E-state index contributed by atoms with van der Waals surface area (Å²) in [6.45, 7) is 0. The number of rotatable bonds is 0. The van der Waals surface area contributed by atoms with Gasteiger partial charge in [-0.05, 0) is 170 Å². The van der Waals surface area contributed by atoms with E-state index in [4.69, 9.17) is 0 Å². The van der Waals surface area contributed by atoms with Crippen molar-refractivity contribution in [3.05, 3.63) is 282 Å². The Hall–Kier alpha value is -14.3. The Balaban J connectivity index is 0.000000116. The fraction of sp³-hybridized carbons (Fsp3) is 0. The molecule has 8 aliphatic rings. The number of H-pyrrole nitrogens is 4. The molecule has 0 aromatic carbocycles. The normalized spacial score (nSPS) is 13.0. The molecule has 0 spiro atoms. The quantitative estimate of drug-likeness (QED) is 0.108. The standard InChI is InChI=1S/4C20H9F5N4.Pt/c4*21-14-7-13-6-11-2-1-9(26-11)5-10-3-4-12(27-10)8-15-16(22)17(23)20(29(15)25)18(24)19(14)28-13;/h4*1-8,26H;. The molecule has 0 radical (unpaired) electrons. The molecule has 16 nitrogen and oxygen atoms in total. The van der Waals surface area contributed by atoms with Crippen molar-refractivity contribution < 1.29 is 109 Å². The van der Waals surface area contributed by atoms with Crippen LogP contribution in [0, 0.1) is 69.8 Å². The van der Waals surface area contributed by atoms with Crippen molar-refractivity contribution in [3.8, 4) is 0 Å². The fourth-order valence-corrected chi connectivity index (χ4v) is 12.7. The summed E-state index contributed by atoms with van der Waals surface area (Å²) in [5.41, 5.74) is -5.44. The van der Waals surface area contributed by atoms with Crippen LogP contribution < -0.4 is 0 Å². The number of nitrogens with zero attached hydrogens (tertiary/aromatic N) is 12. The molecule has 20 heterocycles. The predicted octanol–water partition coefficient (Wildman–Crippen LogP) is 22.3. The maximum atomic E-state index is 14.8. The molecule has 12 aromatic rings. The molecule has 12 aromatic heterocycles. The molecule has 0 fully saturated rings. The summed E-state index contributed by atoms with van der Waals surface area (Å²) in [4.78, 5) is 41.8. The summed E-state index contributed by atoms with van der Waals surface area (Å²) in [6.07, 6.45) is 15.9. The van der Waals surface area contributed by atoms with E-state index in [0.29, 0.717) is 66.9 Å². The molecule has 20 rings (SSSR count). The zero-order valence-electron chi connectivity index (χ0n) is 57.7. The van der Waals surface area contributed by atoms with Gasteiger partial charge in [0.2, 0.25) is 0 Å². The molecule has 0 saturated carbocycles. The third-order valence-corrected chi connectivity index (χ3v) is 18.0. The molecule has 0 unspecified atom stereocenters. The van der Waals surface area contributed by atoms with Gasteiger partial charge in [0, 0.05) is 89.5 Å². The van der Waals surface area contributed by atoms with Crippen LogP contribution in [0.5, 0.6) is 0 Å². The van der Waals surface area contributed by atoms with Gasteiger partial charge in [-0.1, -0.05) is 17.9 Å². The Morgan fingerprint density at radius 3 is 0.538 bits per heavy atom. The first-order valence-electron chi connectivity index (χ1n) is 33.6. The average Bonchev–Trinajstić information content (AvgIpc) is 1.63. The molecule has 117 heavy (non-hydrogen) atoms. The summed E-state index contributed by atoms with van der Waals surface area (Å²) in [7, 11) is 0. The van der Waals surface area contributed by atoms with Crippen LogP contribution >= 0.6 is 0 Å². The van der Waals surface area contributed by atoms with Gasteiger partial charge in [0.05, 0.1) is 68.3 Å². The molecule has 586 valence electrons. The summed E-state index contributed by atoms with van der Waals surface area (Å²) >= 11 is 0. The van der Waals surface area contributed by atoms with Crippen molar-refractivity contribution in [2.75, 3.05) is 0 Å². The molecule has 8 aliphatic heterocycles. The number of hydrogen-bond donors (Lipinski definition) is 4. The minimum absolute atomic E-state index is 0. The van der Waals surface area contributed by atoms with Gasteiger partial charge in [-0.2, -0.15) is 19.2 Å². The van der Waals surface area contributed by atoms with Crippen LogP contribution in [0.4, 0.5) is 88.2 Å². The second-order valence-corrected chi connectivity index (χ2v) is 25.7. The number of aromatic amines is 4. The Morgan fingerprint density at radius 1 is 0.197 bits per heavy atom. The van der Waals surface area contributed by atoms with Crippen molar-refractivity contribution in [1.29, 1.82) is 0 Å². The monoisotopic (exact) mass is 1800 g/mol. The third kappa shape index (κ3) is 14.3. The average molecular weight is 1800 g/mol. The molecular formula is C80H36F20N16Pt. The van der Waals surface area contributed by atoms with Crippen LogP contribution in [0.2, 0.25) is 0 Å². The second-order valence-electron chi connectivity index (χ2n) is 25.7. The first kappa shape index (κ1) is 76.7. The van der Waals surface area contributed by atoms with E-state index < -0.39 is 179 Å². The largest absolute Gasteiger partial charge is 0.355 e. The van der Waals surface area contributed by atoms with Crippen molar-refractivity contribution in [1.82, 2.24) is 79.0 Å². The number of aromatic nitrogens is 16. The van der Waals surface area contributed by atoms with E-state index in [2.05, 4.69) is 59.8 Å². The van der Waals surface area contributed by atoms with Crippen molar-refractivity contribution in [2.24, 2.45) is 0 Å². The van der Waals surface area contributed by atoms with E-state index in [1.807, 2.05) is 0 Å². The number of nitrogens with one attached hydrogen (secondary N) is 4. The smallest absolute Gasteiger partial charge is 0.190 e. The van der Waals surface area contributed by atoms with E-state index in [1.165, 1.54) is 48.6 Å². The van der Waals surface area contributed by atoms with Crippen LogP contribution in [0.25, 0.3) is 184 Å². The maximum Gasteiger partial charge on any atom is 0.190 e. The van der Waals surface area contributed by atoms with E-state index in [1.54, 1.807) is 97.1 Å². The minimum Gasteiger partial charge on any atom is -0.355 e. The Bertz CT molecular complexity index is 6520. The van der Waals surface area contributed by atoms with Crippen LogP contribution in [-0.2, 0) is 21.1 Å². The molecule has 0 amide bonds. The molecule has 0 atom stereocenters. The van der Waals surface area contributed by atoms with E-state index >= 15 is 0 Å². The fourth-order valence-electron chi connectivity index (χ4n) is 12.7. The number of hydrogen-bond acceptors (Lipinski definition) is 8. The number of fused-ring (bicyclic) bond motifs is 32. The van der Waals surface area contributed by atoms with Gasteiger partial charge in [0.1, 0.15) is 44.8 Å². The SMILES string of the molecule is FC1=Cc2cc3ccc(cc4nc(cc5c(F)c(F)c(c(F)c1n2)n5F)C=C4)[nH]3.FC1=Cc2cc3ccc(cc4nc(cc5c(F)c(F)c(c(F)c1n2)n5F)C=C4)[nH]3.FC1=Cc2cc3ccc(cc4nc(cc5c(F)c(F)c(c(F)c1n2)n5F)C=C4)[nH]3.FC1=Cc2cc3ccc(cc4nc(cc5c(F)c(F)c(c(F)c1n2)n5F)C=C4)[nH]3.[Pt]. The van der Waals surface area contributed by atoms with Crippen LogP contribution in [0.15, 0.2) is 121 Å². The van der Waals surface area contributed by atoms with Gasteiger partial charge < -0.3 is 19.9 Å². The molecule has 32 bridgehead atoms. The van der Waals surface area contributed by atoms with E-state index in [0.717, 1.165) is 48.6 Å². The Labute approximate surface area is 651 Å². The molecular weight excluding hydrogens is 1760 g/mol. The number of halogens is 20. The van der Waals surface area contributed by atoms with Gasteiger partial charge in [-0.3, -0.25) is 0 Å². The van der Waals surface area contributed by atoms with Crippen LogP contribution in [0.3, 0.4) is 0 Å². The van der Waals surface area contributed by atoms with Crippen LogP contribution in [0.1, 0.15) is 91.1 Å². The van der Waals surface area contributed by atoms with Gasteiger partial charge in [-0.25, -0.2) is 110 Å². The summed E-state index contributed by atoms with van der Waals surface area (Å²) in [5.74, 6) is -24.8. The van der Waals surface area contributed by atoms with Gasteiger partial charge in [0.25, 0.3) is 0 Å². The Morgan fingerprint density at radius 2 is 0.359 bits per heavy atom. The van der Waals surface area contributed by atoms with Gasteiger partial charge in [-0.15, -0.1) is 0 Å². The van der Waals surface area contributed by atoms with Crippen molar-refractivity contribution in [2.45, 2.75) is 0 Å². The van der Waals surface area contributed by atoms with Gasteiger partial charge in [0.15, 0.2) is 115 Å².